The van der Waals surface area contributed by atoms with Crippen LogP contribution in [0.1, 0.15) is 0 Å². The summed E-state index contributed by atoms with van der Waals surface area (Å²) >= 11 is 0. The van der Waals surface area contributed by atoms with Gasteiger partial charge in [-0.1, -0.05) is 21.6 Å². The van der Waals surface area contributed by atoms with E-state index in [1.807, 2.05) is 21.6 Å². The van der Waals surface area contributed by atoms with Crippen molar-refractivity contribution < 1.29 is 0 Å². The summed E-state index contributed by atoms with van der Waals surface area (Å²) in [5, 5.41) is 12.9. The molecule has 6 nitrogen and oxygen atoms in total. The third kappa shape index (κ3) is 5.26. The van der Waals surface area contributed by atoms with E-state index in [1.165, 1.54) is 0 Å². The molecular weight excluding hydrogens is 268 g/mol. The van der Waals surface area contributed by atoms with Crippen LogP contribution in [0.15, 0.2) is 9.98 Å². The number of rotatable bonds is 7. The van der Waals surface area contributed by atoms with Crippen LogP contribution in [0.5, 0.6) is 0 Å². The fourth-order valence-corrected chi connectivity index (χ4v) is 3.39. The molecule has 2 heterocycles. The van der Waals surface area contributed by atoms with E-state index in [9.17, 15) is 0 Å². The van der Waals surface area contributed by atoms with E-state index in [2.05, 4.69) is 31.3 Å². The number of hydrogen-bond donors (Lipinski definition) is 4. The third-order valence-electron chi connectivity index (χ3n) is 2.39. The standard InChI is InChI=1S/C10H20N6S2/c1-2-12-9(11-1)15-5-7-17-18-8-6-16-10-13-3-4-14-10/h1-8H2,(H2,11,12,15)(H2,13,14,16). The van der Waals surface area contributed by atoms with Crippen molar-refractivity contribution in [2.45, 2.75) is 0 Å². The highest BCUT2D eigenvalue weighted by molar-refractivity contribution is 8.76. The molecule has 0 aromatic rings. The van der Waals surface area contributed by atoms with Gasteiger partial charge in [0.25, 0.3) is 0 Å². The van der Waals surface area contributed by atoms with Gasteiger partial charge in [0.15, 0.2) is 11.9 Å². The van der Waals surface area contributed by atoms with E-state index in [4.69, 9.17) is 0 Å². The molecule has 0 aromatic heterocycles. The molecule has 2 aliphatic rings. The highest BCUT2D eigenvalue weighted by Gasteiger charge is 2.03. The van der Waals surface area contributed by atoms with Crippen LogP contribution in [0.2, 0.25) is 0 Å². The zero-order valence-electron chi connectivity index (χ0n) is 10.4. The van der Waals surface area contributed by atoms with Crippen molar-refractivity contribution in [2.75, 3.05) is 50.8 Å². The van der Waals surface area contributed by atoms with Gasteiger partial charge in [-0.2, -0.15) is 0 Å². The summed E-state index contributed by atoms with van der Waals surface area (Å²) in [7, 11) is 3.78. The molecule has 18 heavy (non-hydrogen) atoms. The maximum atomic E-state index is 4.28. The fraction of sp³-hybridized carbons (Fsp3) is 0.800. The lowest BCUT2D eigenvalue weighted by Gasteiger charge is -2.07. The lowest BCUT2D eigenvalue weighted by atomic mass is 10.7. The maximum Gasteiger partial charge on any atom is 0.191 e. The van der Waals surface area contributed by atoms with Crippen molar-refractivity contribution in [3.8, 4) is 0 Å². The first kappa shape index (κ1) is 13.7. The van der Waals surface area contributed by atoms with Crippen molar-refractivity contribution in [2.24, 2.45) is 9.98 Å². The van der Waals surface area contributed by atoms with Crippen molar-refractivity contribution in [1.29, 1.82) is 0 Å². The molecule has 8 heteroatoms. The number of hydrogen-bond acceptors (Lipinski definition) is 8. The highest BCUT2D eigenvalue weighted by Crippen LogP contribution is 2.19. The summed E-state index contributed by atoms with van der Waals surface area (Å²) in [5.74, 6) is 4.08. The summed E-state index contributed by atoms with van der Waals surface area (Å²) in [6.45, 7) is 5.65. The summed E-state index contributed by atoms with van der Waals surface area (Å²) in [5.41, 5.74) is 0. The molecule has 2 aliphatic heterocycles. The molecule has 0 aromatic carbocycles. The maximum absolute atomic E-state index is 4.28. The molecule has 4 N–H and O–H groups in total. The molecule has 2 rings (SSSR count). The molecular formula is C10H20N6S2. The first-order valence-corrected chi connectivity index (χ1v) is 8.73. The van der Waals surface area contributed by atoms with Gasteiger partial charge < -0.3 is 21.3 Å². The molecule has 0 unspecified atom stereocenters. The van der Waals surface area contributed by atoms with Crippen molar-refractivity contribution >= 4 is 33.5 Å². The van der Waals surface area contributed by atoms with Gasteiger partial charge in [0.2, 0.25) is 0 Å². The SMILES string of the molecule is C1CNC(NCCSSCCNC2=NCCN2)=N1. The Labute approximate surface area is 116 Å². The molecule has 0 amide bonds. The zero-order chi connectivity index (χ0) is 12.5. The van der Waals surface area contributed by atoms with E-state index in [0.717, 1.165) is 62.7 Å². The molecule has 0 spiro atoms. The molecule has 102 valence electrons. The van der Waals surface area contributed by atoms with Gasteiger partial charge in [0.1, 0.15) is 0 Å². The minimum atomic E-state index is 0.897. The molecule has 0 atom stereocenters. The van der Waals surface area contributed by atoms with Gasteiger partial charge in [-0.3, -0.25) is 9.98 Å². The van der Waals surface area contributed by atoms with Crippen LogP contribution in [-0.4, -0.2) is 62.7 Å². The van der Waals surface area contributed by atoms with Crippen LogP contribution in [-0.2, 0) is 0 Å². The normalized spacial score (nSPS) is 17.8. The van der Waals surface area contributed by atoms with Gasteiger partial charge in [-0.15, -0.1) is 0 Å². The molecule has 0 fully saturated rings. The second kappa shape index (κ2) is 8.36. The number of aliphatic imine (C=N–C) groups is 2. The monoisotopic (exact) mass is 288 g/mol. The first-order chi connectivity index (χ1) is 8.95. The predicted molar refractivity (Wildman–Crippen MR) is 81.5 cm³/mol. The second-order valence-electron chi connectivity index (χ2n) is 3.81. The Bertz CT molecular complexity index is 277. The summed E-state index contributed by atoms with van der Waals surface area (Å²) < 4.78 is 0. The summed E-state index contributed by atoms with van der Waals surface area (Å²) in [6, 6.07) is 0. The van der Waals surface area contributed by atoms with Crippen LogP contribution in [0.25, 0.3) is 0 Å². The lowest BCUT2D eigenvalue weighted by molar-refractivity contribution is 0.903. The Balaban J connectivity index is 1.35. The van der Waals surface area contributed by atoms with E-state index in [-0.39, 0.29) is 0 Å². The Kier molecular flexibility index (Phi) is 6.35. The van der Waals surface area contributed by atoms with Gasteiger partial charge in [0, 0.05) is 37.7 Å². The van der Waals surface area contributed by atoms with Gasteiger partial charge in [-0.05, 0) is 0 Å². The van der Waals surface area contributed by atoms with E-state index in [1.54, 1.807) is 0 Å². The first-order valence-electron chi connectivity index (χ1n) is 6.24. The van der Waals surface area contributed by atoms with Crippen LogP contribution >= 0.6 is 21.6 Å². The highest BCUT2D eigenvalue weighted by atomic mass is 33.1. The topological polar surface area (TPSA) is 72.8 Å². The molecule has 0 radical (unpaired) electrons. The van der Waals surface area contributed by atoms with Crippen LogP contribution in [0.3, 0.4) is 0 Å². The van der Waals surface area contributed by atoms with E-state index >= 15 is 0 Å². The number of guanidine groups is 2. The van der Waals surface area contributed by atoms with Crippen LogP contribution in [0, 0.1) is 0 Å². The molecule has 0 aliphatic carbocycles. The number of nitrogens with zero attached hydrogens (tertiary/aromatic N) is 2. The number of nitrogens with one attached hydrogen (secondary N) is 4. The smallest absolute Gasteiger partial charge is 0.191 e. The predicted octanol–water partition coefficient (Wildman–Crippen LogP) is -0.535. The Morgan fingerprint density at radius 2 is 1.39 bits per heavy atom. The molecule has 0 saturated heterocycles. The Morgan fingerprint density at radius 3 is 1.78 bits per heavy atom. The molecule has 0 bridgehead atoms. The van der Waals surface area contributed by atoms with Crippen molar-refractivity contribution in [3.63, 3.8) is 0 Å². The Morgan fingerprint density at radius 1 is 0.889 bits per heavy atom. The van der Waals surface area contributed by atoms with E-state index < -0.39 is 0 Å². The largest absolute Gasteiger partial charge is 0.356 e. The average Bonchev–Trinajstić information content (AvgIpc) is 3.05. The third-order valence-corrected chi connectivity index (χ3v) is 4.80. The zero-order valence-corrected chi connectivity index (χ0v) is 12.0. The quantitative estimate of drug-likeness (QED) is 0.373. The summed E-state index contributed by atoms with van der Waals surface area (Å²) in [6.07, 6.45) is 0. The Hall–Kier alpha value is -0.760. The minimum Gasteiger partial charge on any atom is -0.356 e. The van der Waals surface area contributed by atoms with Crippen LogP contribution in [0.4, 0.5) is 0 Å². The molecule has 0 saturated carbocycles. The van der Waals surface area contributed by atoms with Crippen molar-refractivity contribution in [1.82, 2.24) is 21.3 Å². The van der Waals surface area contributed by atoms with E-state index in [0.29, 0.717) is 0 Å². The lowest BCUT2D eigenvalue weighted by Crippen LogP contribution is -2.35. The van der Waals surface area contributed by atoms with Gasteiger partial charge in [-0.25, -0.2) is 0 Å². The minimum absolute atomic E-state index is 0.897. The second-order valence-corrected chi connectivity index (χ2v) is 6.51. The van der Waals surface area contributed by atoms with Gasteiger partial charge >= 0.3 is 0 Å². The van der Waals surface area contributed by atoms with Gasteiger partial charge in [0.05, 0.1) is 13.1 Å². The summed E-state index contributed by atoms with van der Waals surface area (Å²) in [4.78, 5) is 8.55. The fourth-order valence-electron chi connectivity index (χ4n) is 1.57. The van der Waals surface area contributed by atoms with Crippen LogP contribution < -0.4 is 21.3 Å². The van der Waals surface area contributed by atoms with Crippen molar-refractivity contribution in [3.05, 3.63) is 0 Å². The average molecular weight is 288 g/mol.